The number of ketones is 2. The smallest absolute Gasteiger partial charge is 0.194 e. The molecule has 0 heterocycles. The summed E-state index contributed by atoms with van der Waals surface area (Å²) >= 11 is 4.80. The van der Waals surface area contributed by atoms with Crippen molar-refractivity contribution in [3.63, 3.8) is 0 Å². The molecule has 0 atom stereocenters. The molecule has 1 aliphatic carbocycles. The normalized spacial score (nSPS) is 18.6. The van der Waals surface area contributed by atoms with E-state index >= 15 is 0 Å². The zero-order chi connectivity index (χ0) is 7.72. The van der Waals surface area contributed by atoms with Gasteiger partial charge in [0.1, 0.15) is 0 Å². The van der Waals surface area contributed by atoms with E-state index < -0.39 is 0 Å². The topological polar surface area (TPSA) is 34.1 Å². The molecule has 0 radical (unpaired) electrons. The molecule has 0 amide bonds. The van der Waals surface area contributed by atoms with Crippen molar-refractivity contribution >= 4 is 50.1 Å². The van der Waals surface area contributed by atoms with Gasteiger partial charge in [-0.3, -0.25) is 9.59 Å². The summed E-state index contributed by atoms with van der Waals surface area (Å²) in [6.07, 6.45) is 2.59. The molecule has 1 aliphatic rings. The Balaban J connectivity index is 3.03. The third-order valence-electron chi connectivity index (χ3n) is 0.986. The first-order chi connectivity index (χ1) is 4.61. The molecule has 0 spiro atoms. The van der Waals surface area contributed by atoms with Crippen LogP contribution in [0.3, 0.4) is 0 Å². The molecule has 0 N–H and O–H groups in total. The summed E-state index contributed by atoms with van der Waals surface area (Å²) < 4.78 is 0.795. The maximum atomic E-state index is 10.8. The van der Waals surface area contributed by atoms with Gasteiger partial charge in [0.05, 0.1) is 8.06 Å². The van der Waals surface area contributed by atoms with Gasteiger partial charge in [0, 0.05) is 12.2 Å². The van der Waals surface area contributed by atoms with E-state index in [0.717, 1.165) is 0 Å². The van der Waals surface area contributed by atoms with Gasteiger partial charge in [-0.25, -0.2) is 0 Å². The lowest BCUT2D eigenvalue weighted by molar-refractivity contribution is -0.114. The lowest BCUT2D eigenvalue weighted by Gasteiger charge is -2.00. The van der Waals surface area contributed by atoms with Crippen LogP contribution >= 0.6 is 38.5 Å². The first-order valence-corrected chi connectivity index (χ1v) is 4.31. The Morgan fingerprint density at radius 1 is 1.20 bits per heavy atom. The van der Waals surface area contributed by atoms with Gasteiger partial charge >= 0.3 is 0 Å². The van der Waals surface area contributed by atoms with E-state index in [0.29, 0.717) is 8.06 Å². The highest BCUT2D eigenvalue weighted by Crippen LogP contribution is 2.19. The van der Waals surface area contributed by atoms with Crippen molar-refractivity contribution in [2.24, 2.45) is 0 Å². The van der Waals surface area contributed by atoms with Gasteiger partial charge in [0.25, 0.3) is 0 Å². The molecule has 0 aromatic carbocycles. The van der Waals surface area contributed by atoms with E-state index in [1.807, 2.05) is 22.6 Å². The Morgan fingerprint density at radius 3 is 2.30 bits per heavy atom. The second-order valence-corrected chi connectivity index (χ2v) is 3.73. The number of allylic oxidation sites excluding steroid dienone is 4. The third-order valence-corrected chi connectivity index (χ3v) is 2.45. The van der Waals surface area contributed by atoms with E-state index in [1.54, 1.807) is 0 Å². The number of hydrogen-bond donors (Lipinski definition) is 0. The van der Waals surface area contributed by atoms with Crippen LogP contribution in [0.5, 0.6) is 0 Å². The molecule has 0 saturated heterocycles. The molecule has 0 bridgehead atoms. The van der Waals surface area contributed by atoms with Crippen LogP contribution in [0.1, 0.15) is 0 Å². The van der Waals surface area contributed by atoms with E-state index in [-0.39, 0.29) is 11.6 Å². The minimum atomic E-state index is -0.149. The van der Waals surface area contributed by atoms with Gasteiger partial charge < -0.3 is 0 Å². The zero-order valence-corrected chi connectivity index (χ0v) is 8.47. The van der Waals surface area contributed by atoms with Crippen molar-refractivity contribution in [1.29, 1.82) is 0 Å². The molecule has 2 nitrogen and oxygen atoms in total. The number of halogens is 2. The van der Waals surface area contributed by atoms with Crippen molar-refractivity contribution < 1.29 is 9.59 Å². The van der Waals surface area contributed by atoms with Crippen LogP contribution in [0.4, 0.5) is 0 Å². The second-order valence-electron chi connectivity index (χ2n) is 1.71. The lowest BCUT2D eigenvalue weighted by Crippen LogP contribution is -2.05. The number of hydrogen-bond acceptors (Lipinski definition) is 2. The summed E-state index contributed by atoms with van der Waals surface area (Å²) in [7, 11) is 0. The van der Waals surface area contributed by atoms with Crippen LogP contribution in [-0.2, 0) is 9.59 Å². The monoisotopic (exact) mass is 312 g/mol. The summed E-state index contributed by atoms with van der Waals surface area (Å²) in [5, 5.41) is 0. The number of carbonyl (C=O) groups is 2. The molecule has 0 unspecified atom stereocenters. The zero-order valence-electron chi connectivity index (χ0n) is 4.73. The Labute approximate surface area is 79.6 Å². The largest absolute Gasteiger partial charge is 0.289 e. The molecule has 52 valence electrons. The van der Waals surface area contributed by atoms with Crippen molar-refractivity contribution in [2.75, 3.05) is 0 Å². The van der Waals surface area contributed by atoms with Crippen molar-refractivity contribution in [3.05, 3.63) is 20.2 Å². The first kappa shape index (κ1) is 8.13. The average molecular weight is 313 g/mol. The highest BCUT2D eigenvalue weighted by molar-refractivity contribution is 14.1. The summed E-state index contributed by atoms with van der Waals surface area (Å²) in [4.78, 5) is 21.6. The Bertz CT molecular complexity index is 237. The lowest BCUT2D eigenvalue weighted by atomic mass is 10.2. The average Bonchev–Trinajstić information content (AvgIpc) is 1.84. The summed E-state index contributed by atoms with van der Waals surface area (Å²) in [6.45, 7) is 0. The predicted octanol–water partition coefficient (Wildman–Crippen LogP) is 1.74. The highest BCUT2D eigenvalue weighted by atomic mass is 127. The van der Waals surface area contributed by atoms with Gasteiger partial charge in [-0.2, -0.15) is 0 Å². The van der Waals surface area contributed by atoms with Gasteiger partial charge in [-0.1, -0.05) is 0 Å². The van der Waals surface area contributed by atoms with Crippen molar-refractivity contribution in [2.45, 2.75) is 0 Å². The van der Waals surface area contributed by atoms with E-state index in [4.69, 9.17) is 0 Å². The molecule has 1 rings (SSSR count). The van der Waals surface area contributed by atoms with Gasteiger partial charge in [-0.05, 0) is 38.5 Å². The minimum Gasteiger partial charge on any atom is -0.289 e. The molecule has 0 fully saturated rings. The fourth-order valence-electron chi connectivity index (χ4n) is 0.510. The van der Waals surface area contributed by atoms with Crippen LogP contribution < -0.4 is 0 Å². The van der Waals surface area contributed by atoms with Crippen LogP contribution in [-0.4, -0.2) is 11.6 Å². The maximum absolute atomic E-state index is 10.8. The third kappa shape index (κ3) is 1.54. The van der Waals surface area contributed by atoms with E-state index in [2.05, 4.69) is 15.9 Å². The molecule has 4 heteroatoms. The van der Waals surface area contributed by atoms with Crippen molar-refractivity contribution in [1.82, 2.24) is 0 Å². The Kier molecular flexibility index (Phi) is 2.40. The van der Waals surface area contributed by atoms with Crippen LogP contribution in [0.2, 0.25) is 0 Å². The number of rotatable bonds is 0. The predicted molar refractivity (Wildman–Crippen MR) is 49.1 cm³/mol. The Hall–Kier alpha value is 0.0300. The van der Waals surface area contributed by atoms with E-state index in [9.17, 15) is 9.59 Å². The van der Waals surface area contributed by atoms with Crippen LogP contribution in [0.25, 0.3) is 0 Å². The summed E-state index contributed by atoms with van der Waals surface area (Å²) in [5.41, 5.74) is 0. The molecule has 0 aromatic heterocycles. The van der Waals surface area contributed by atoms with Gasteiger partial charge in [0.15, 0.2) is 11.6 Å². The van der Waals surface area contributed by atoms with E-state index in [1.165, 1.54) is 12.2 Å². The summed E-state index contributed by atoms with van der Waals surface area (Å²) in [5.74, 6) is -0.268. The Morgan fingerprint density at radius 2 is 1.80 bits per heavy atom. The fraction of sp³-hybridized carbons (Fsp3) is 0. The highest BCUT2D eigenvalue weighted by Gasteiger charge is 2.15. The SMILES string of the molecule is O=C1C=C(I)C(=O)C=C1Br. The number of carbonyl (C=O) groups excluding carboxylic acids is 2. The van der Waals surface area contributed by atoms with Crippen molar-refractivity contribution in [3.8, 4) is 0 Å². The molecule has 0 aliphatic heterocycles. The quantitative estimate of drug-likeness (QED) is 0.504. The second kappa shape index (κ2) is 2.96. The van der Waals surface area contributed by atoms with Gasteiger partial charge in [-0.15, -0.1) is 0 Å². The van der Waals surface area contributed by atoms with Gasteiger partial charge in [0.2, 0.25) is 0 Å². The summed E-state index contributed by atoms with van der Waals surface area (Å²) in [6, 6.07) is 0. The van der Waals surface area contributed by atoms with Crippen LogP contribution in [0.15, 0.2) is 20.2 Å². The van der Waals surface area contributed by atoms with Crippen LogP contribution in [0, 0.1) is 0 Å². The molecule has 0 aromatic rings. The molecular weight excluding hydrogens is 311 g/mol. The molecule has 10 heavy (non-hydrogen) atoms. The fourth-order valence-corrected chi connectivity index (χ4v) is 1.27. The maximum Gasteiger partial charge on any atom is 0.194 e. The first-order valence-electron chi connectivity index (χ1n) is 2.44. The molecule has 0 saturated carbocycles. The standard InChI is InChI=1S/C6H2BrIO2/c7-3-1-6(10)4(8)2-5(3)9/h1-2H. The minimum absolute atomic E-state index is 0.118. The molecular formula is C6H2BrIO2.